The molecule has 0 amide bonds. The van der Waals surface area contributed by atoms with Crippen LogP contribution in [-0.2, 0) is 0 Å². The molecule has 0 bridgehead atoms. The first-order valence-corrected chi connectivity index (χ1v) is 6.67. The van der Waals surface area contributed by atoms with E-state index >= 15 is 0 Å². The van der Waals surface area contributed by atoms with Crippen LogP contribution < -0.4 is 0 Å². The molecule has 0 radical (unpaired) electrons. The molecule has 1 heterocycles. The minimum Gasteiger partial charge on any atom is -0.293 e. The molecule has 1 aromatic carbocycles. The Bertz CT molecular complexity index is 571. The number of halogens is 2. The van der Waals surface area contributed by atoms with Crippen molar-refractivity contribution in [3.05, 3.63) is 63.3 Å². The minimum absolute atomic E-state index is 0.00285. The van der Waals surface area contributed by atoms with Crippen LogP contribution in [0.5, 0.6) is 0 Å². The second kappa shape index (κ2) is 5.63. The number of benzene rings is 1. The average Bonchev–Trinajstić information content (AvgIpc) is 2.41. The van der Waals surface area contributed by atoms with Gasteiger partial charge in [0.2, 0.25) is 0 Å². The van der Waals surface area contributed by atoms with E-state index < -0.39 is 0 Å². The highest BCUT2D eigenvalue weighted by atomic mass is 79.9. The molecule has 0 spiro atoms. The number of pyridine rings is 1. The van der Waals surface area contributed by atoms with Crippen molar-refractivity contribution in [2.45, 2.75) is 12.8 Å². The summed E-state index contributed by atoms with van der Waals surface area (Å²) in [5.41, 5.74) is 1.34. The van der Waals surface area contributed by atoms with E-state index in [4.69, 9.17) is 11.6 Å². The standard InChI is InChI=1S/C14H11BrClNO/c1-9(13-4-2-3-7-17-13)14(18)11-8-10(16)5-6-12(11)15/h2-9H,1H3. The van der Waals surface area contributed by atoms with Crippen LogP contribution in [0.3, 0.4) is 0 Å². The van der Waals surface area contributed by atoms with E-state index in [1.54, 1.807) is 24.4 Å². The van der Waals surface area contributed by atoms with Gasteiger partial charge in [-0.2, -0.15) is 0 Å². The minimum atomic E-state index is -0.291. The molecule has 2 nitrogen and oxygen atoms in total. The summed E-state index contributed by atoms with van der Waals surface area (Å²) < 4.78 is 0.750. The lowest BCUT2D eigenvalue weighted by molar-refractivity contribution is 0.0964. The zero-order chi connectivity index (χ0) is 13.1. The Kier molecular flexibility index (Phi) is 4.15. The molecule has 1 aromatic heterocycles. The summed E-state index contributed by atoms with van der Waals surface area (Å²) in [6, 6.07) is 10.7. The third-order valence-electron chi connectivity index (χ3n) is 2.72. The van der Waals surface area contributed by atoms with Crippen molar-refractivity contribution >= 4 is 33.3 Å². The Morgan fingerprint density at radius 2 is 2.11 bits per heavy atom. The molecule has 4 heteroatoms. The van der Waals surface area contributed by atoms with Crippen LogP contribution in [0, 0.1) is 0 Å². The van der Waals surface area contributed by atoms with Gasteiger partial charge in [-0.25, -0.2) is 0 Å². The Labute approximate surface area is 119 Å². The Morgan fingerprint density at radius 3 is 2.78 bits per heavy atom. The van der Waals surface area contributed by atoms with Gasteiger partial charge in [0.1, 0.15) is 0 Å². The van der Waals surface area contributed by atoms with Crippen molar-refractivity contribution < 1.29 is 4.79 Å². The molecule has 0 fully saturated rings. The van der Waals surface area contributed by atoms with Crippen LogP contribution in [-0.4, -0.2) is 10.8 Å². The van der Waals surface area contributed by atoms with Crippen molar-refractivity contribution in [2.75, 3.05) is 0 Å². The summed E-state index contributed by atoms with van der Waals surface area (Å²) in [5, 5.41) is 0.551. The van der Waals surface area contributed by atoms with Crippen molar-refractivity contribution in [1.82, 2.24) is 4.98 Å². The topological polar surface area (TPSA) is 30.0 Å². The van der Waals surface area contributed by atoms with Crippen LogP contribution >= 0.6 is 27.5 Å². The van der Waals surface area contributed by atoms with Gasteiger partial charge in [0.25, 0.3) is 0 Å². The van der Waals surface area contributed by atoms with Crippen molar-refractivity contribution in [3.8, 4) is 0 Å². The highest BCUT2D eigenvalue weighted by molar-refractivity contribution is 9.10. The quantitative estimate of drug-likeness (QED) is 0.779. The molecular formula is C14H11BrClNO. The number of ketones is 1. The summed E-state index contributed by atoms with van der Waals surface area (Å²) in [4.78, 5) is 16.6. The molecule has 0 saturated carbocycles. The number of rotatable bonds is 3. The summed E-state index contributed by atoms with van der Waals surface area (Å²) in [7, 11) is 0. The van der Waals surface area contributed by atoms with Gasteiger partial charge in [-0.15, -0.1) is 0 Å². The second-order valence-electron chi connectivity index (χ2n) is 3.96. The lowest BCUT2D eigenvalue weighted by Crippen LogP contribution is -2.11. The lowest BCUT2D eigenvalue weighted by Gasteiger charge is -2.11. The van der Waals surface area contributed by atoms with E-state index in [9.17, 15) is 4.79 Å². The van der Waals surface area contributed by atoms with Gasteiger partial charge in [-0.3, -0.25) is 9.78 Å². The Balaban J connectivity index is 2.34. The Morgan fingerprint density at radius 1 is 1.33 bits per heavy atom. The fourth-order valence-electron chi connectivity index (χ4n) is 1.69. The monoisotopic (exact) mass is 323 g/mol. The van der Waals surface area contributed by atoms with E-state index in [1.165, 1.54) is 0 Å². The van der Waals surface area contributed by atoms with Crippen molar-refractivity contribution in [2.24, 2.45) is 0 Å². The van der Waals surface area contributed by atoms with E-state index in [0.717, 1.165) is 10.2 Å². The lowest BCUT2D eigenvalue weighted by atomic mass is 9.96. The van der Waals surface area contributed by atoms with E-state index in [0.29, 0.717) is 10.6 Å². The highest BCUT2D eigenvalue weighted by Crippen LogP contribution is 2.26. The van der Waals surface area contributed by atoms with Crippen LogP contribution in [0.15, 0.2) is 47.1 Å². The second-order valence-corrected chi connectivity index (χ2v) is 5.26. The highest BCUT2D eigenvalue weighted by Gasteiger charge is 2.20. The van der Waals surface area contributed by atoms with Gasteiger partial charge in [-0.05, 0) is 37.3 Å². The van der Waals surface area contributed by atoms with E-state index in [-0.39, 0.29) is 11.7 Å². The van der Waals surface area contributed by atoms with Gasteiger partial charge in [-0.1, -0.05) is 33.6 Å². The molecule has 18 heavy (non-hydrogen) atoms. The maximum absolute atomic E-state index is 12.4. The zero-order valence-electron chi connectivity index (χ0n) is 9.73. The molecule has 0 aliphatic carbocycles. The van der Waals surface area contributed by atoms with Crippen LogP contribution in [0.1, 0.15) is 28.9 Å². The number of nitrogens with zero attached hydrogens (tertiary/aromatic N) is 1. The number of hydrogen-bond acceptors (Lipinski definition) is 2. The van der Waals surface area contributed by atoms with Gasteiger partial charge in [0.05, 0.1) is 11.6 Å². The van der Waals surface area contributed by atoms with Gasteiger partial charge in [0, 0.05) is 21.3 Å². The van der Waals surface area contributed by atoms with Crippen molar-refractivity contribution in [3.63, 3.8) is 0 Å². The smallest absolute Gasteiger partial charge is 0.172 e. The molecule has 0 N–H and O–H groups in total. The molecule has 2 aromatic rings. The Hall–Kier alpha value is -1.19. The summed E-state index contributed by atoms with van der Waals surface area (Å²) in [6.07, 6.45) is 1.69. The molecule has 0 aliphatic heterocycles. The predicted octanol–water partition coefficient (Wildman–Crippen LogP) is 4.48. The number of carbonyl (C=O) groups is 1. The van der Waals surface area contributed by atoms with Gasteiger partial charge < -0.3 is 0 Å². The summed E-state index contributed by atoms with van der Waals surface area (Å²) in [5.74, 6) is -0.288. The van der Waals surface area contributed by atoms with Crippen LogP contribution in [0.4, 0.5) is 0 Å². The first-order chi connectivity index (χ1) is 8.59. The first-order valence-electron chi connectivity index (χ1n) is 5.50. The summed E-state index contributed by atoms with van der Waals surface area (Å²) >= 11 is 9.29. The van der Waals surface area contributed by atoms with Crippen LogP contribution in [0.2, 0.25) is 5.02 Å². The number of aromatic nitrogens is 1. The fourth-order valence-corrected chi connectivity index (χ4v) is 2.30. The molecule has 0 aliphatic rings. The summed E-state index contributed by atoms with van der Waals surface area (Å²) in [6.45, 7) is 1.85. The van der Waals surface area contributed by atoms with E-state index in [1.807, 2.05) is 25.1 Å². The number of Topliss-reactive ketones (excluding diaryl/α,β-unsaturated/α-hetero) is 1. The molecule has 1 atom stereocenters. The zero-order valence-corrected chi connectivity index (χ0v) is 12.1. The third-order valence-corrected chi connectivity index (χ3v) is 3.65. The van der Waals surface area contributed by atoms with Gasteiger partial charge in [0.15, 0.2) is 5.78 Å². The molecular weight excluding hydrogens is 314 g/mol. The van der Waals surface area contributed by atoms with Crippen molar-refractivity contribution in [1.29, 1.82) is 0 Å². The normalized spacial score (nSPS) is 12.2. The maximum atomic E-state index is 12.4. The molecule has 1 unspecified atom stereocenters. The first kappa shape index (κ1) is 13.2. The third kappa shape index (κ3) is 2.79. The van der Waals surface area contributed by atoms with Crippen LogP contribution in [0.25, 0.3) is 0 Å². The average molecular weight is 325 g/mol. The fraction of sp³-hybridized carbons (Fsp3) is 0.143. The number of carbonyl (C=O) groups excluding carboxylic acids is 1. The molecule has 0 saturated heterocycles. The maximum Gasteiger partial charge on any atom is 0.172 e. The van der Waals surface area contributed by atoms with E-state index in [2.05, 4.69) is 20.9 Å². The van der Waals surface area contributed by atoms with Gasteiger partial charge >= 0.3 is 0 Å². The largest absolute Gasteiger partial charge is 0.293 e. The molecule has 92 valence electrons. The number of hydrogen-bond donors (Lipinski definition) is 0. The SMILES string of the molecule is CC(C(=O)c1cc(Cl)ccc1Br)c1ccccn1. The molecule has 2 rings (SSSR count). The predicted molar refractivity (Wildman–Crippen MR) is 76.1 cm³/mol.